The van der Waals surface area contributed by atoms with E-state index in [4.69, 9.17) is 9.47 Å². The summed E-state index contributed by atoms with van der Waals surface area (Å²) in [6.45, 7) is 18.1. The van der Waals surface area contributed by atoms with E-state index in [9.17, 15) is 9.59 Å². The third-order valence-corrected chi connectivity index (χ3v) is 11.3. The van der Waals surface area contributed by atoms with E-state index in [0.29, 0.717) is 30.1 Å². The van der Waals surface area contributed by atoms with Crippen LogP contribution in [0.25, 0.3) is 0 Å². The van der Waals surface area contributed by atoms with Gasteiger partial charge in [-0.3, -0.25) is 4.79 Å². The van der Waals surface area contributed by atoms with E-state index in [0.717, 1.165) is 31.3 Å². The van der Waals surface area contributed by atoms with E-state index in [1.807, 2.05) is 6.92 Å². The van der Waals surface area contributed by atoms with Gasteiger partial charge in [0.2, 0.25) is 0 Å². The van der Waals surface area contributed by atoms with Crippen LogP contribution in [0.4, 0.5) is 0 Å². The third-order valence-electron chi connectivity index (χ3n) is 11.3. The van der Waals surface area contributed by atoms with Crippen LogP contribution in [0.5, 0.6) is 0 Å². The van der Waals surface area contributed by atoms with Gasteiger partial charge in [0.05, 0.1) is 7.11 Å². The average molecular weight is 483 g/mol. The molecule has 0 N–H and O–H groups in total. The molecule has 3 aliphatic carbocycles. The van der Waals surface area contributed by atoms with E-state index in [1.54, 1.807) is 5.57 Å². The minimum absolute atomic E-state index is 0.0229. The molecule has 194 valence electrons. The number of carbonyl (C=O) groups is 2. The van der Waals surface area contributed by atoms with Crippen molar-refractivity contribution in [2.45, 2.75) is 99.0 Å². The Kier molecular flexibility index (Phi) is 6.92. The molecule has 4 heteroatoms. The van der Waals surface area contributed by atoms with Gasteiger partial charge >= 0.3 is 11.9 Å². The smallest absolute Gasteiger partial charge is 0.333 e. The maximum Gasteiger partial charge on any atom is 0.333 e. The molecule has 0 aromatic carbocycles. The van der Waals surface area contributed by atoms with Crippen LogP contribution in [0.2, 0.25) is 0 Å². The van der Waals surface area contributed by atoms with Gasteiger partial charge in [0.15, 0.2) is 0 Å². The first-order chi connectivity index (χ1) is 16.4. The molecule has 1 heterocycles. The van der Waals surface area contributed by atoms with Gasteiger partial charge in [0.1, 0.15) is 6.10 Å². The van der Waals surface area contributed by atoms with Crippen LogP contribution in [0, 0.1) is 39.9 Å². The number of fused-ring (bicyclic) bond motifs is 3. The highest BCUT2D eigenvalue weighted by Crippen LogP contribution is 2.71. The number of methoxy groups -OCH3 is 1. The minimum Gasteiger partial charge on any atom is -0.469 e. The number of cyclic esters (lactones) is 1. The standard InChI is InChI=1S/C31H46O4/c1-19(2)22-10-11-25-24(29(22,5)16-15-27(32)34-8)14-18-30(6)23(13-17-31(25,30)7)21(4)26-12-9-20(3)28(33)35-26/h9,14,21-23,25-26H,1,10-13,15-18H2,2-8H3. The molecule has 0 bridgehead atoms. The highest BCUT2D eigenvalue weighted by molar-refractivity contribution is 5.88. The molecule has 2 saturated carbocycles. The molecule has 0 aromatic heterocycles. The Morgan fingerprint density at radius 1 is 1.20 bits per heavy atom. The molecular formula is C31H46O4. The van der Waals surface area contributed by atoms with Crippen LogP contribution in [0.3, 0.4) is 0 Å². The zero-order chi connectivity index (χ0) is 25.8. The van der Waals surface area contributed by atoms with Gasteiger partial charge in [-0.05, 0) is 92.3 Å². The number of hydrogen-bond acceptors (Lipinski definition) is 4. The van der Waals surface area contributed by atoms with Crippen molar-refractivity contribution in [2.24, 2.45) is 39.9 Å². The molecule has 8 unspecified atom stereocenters. The molecule has 1 aliphatic heterocycles. The Labute approximate surface area is 212 Å². The largest absolute Gasteiger partial charge is 0.469 e. The first kappa shape index (κ1) is 26.2. The van der Waals surface area contributed by atoms with Crippen molar-refractivity contribution in [2.75, 3.05) is 7.11 Å². The molecule has 0 radical (unpaired) electrons. The van der Waals surface area contributed by atoms with Crippen molar-refractivity contribution in [3.8, 4) is 0 Å². The molecule has 0 amide bonds. The van der Waals surface area contributed by atoms with Gasteiger partial charge in [-0.1, -0.05) is 57.6 Å². The summed E-state index contributed by atoms with van der Waals surface area (Å²) in [5.41, 5.74) is 3.85. The topological polar surface area (TPSA) is 52.6 Å². The highest BCUT2D eigenvalue weighted by atomic mass is 16.5. The van der Waals surface area contributed by atoms with Gasteiger partial charge < -0.3 is 9.47 Å². The molecule has 2 fully saturated rings. The Morgan fingerprint density at radius 2 is 1.91 bits per heavy atom. The second kappa shape index (κ2) is 9.23. The summed E-state index contributed by atoms with van der Waals surface area (Å²) in [6, 6.07) is 0. The Hall–Kier alpha value is -1.84. The van der Waals surface area contributed by atoms with E-state index in [1.165, 1.54) is 31.9 Å². The van der Waals surface area contributed by atoms with Crippen molar-refractivity contribution in [3.05, 3.63) is 35.5 Å². The molecule has 4 rings (SSSR count). The quantitative estimate of drug-likeness (QED) is 0.297. The summed E-state index contributed by atoms with van der Waals surface area (Å²) in [5.74, 6) is 1.51. The molecule has 8 atom stereocenters. The average Bonchev–Trinajstić information content (AvgIpc) is 3.10. The van der Waals surface area contributed by atoms with E-state index in [2.05, 4.69) is 53.3 Å². The predicted molar refractivity (Wildman–Crippen MR) is 139 cm³/mol. The lowest BCUT2D eigenvalue weighted by molar-refractivity contribution is -0.151. The summed E-state index contributed by atoms with van der Waals surface area (Å²) in [7, 11) is 1.48. The molecule has 4 nitrogen and oxygen atoms in total. The summed E-state index contributed by atoms with van der Waals surface area (Å²) in [6.07, 6.45) is 12.5. The molecular weight excluding hydrogens is 436 g/mol. The molecule has 0 spiro atoms. The van der Waals surface area contributed by atoms with Crippen LogP contribution in [0.15, 0.2) is 35.5 Å². The first-order valence-electron chi connectivity index (χ1n) is 13.7. The number of allylic oxidation sites excluding steroid dienone is 3. The lowest BCUT2D eigenvalue weighted by atomic mass is 9.44. The fraction of sp³-hybridized carbons (Fsp3) is 0.742. The van der Waals surface area contributed by atoms with Gasteiger partial charge in [0.25, 0.3) is 0 Å². The fourth-order valence-corrected chi connectivity index (χ4v) is 8.86. The van der Waals surface area contributed by atoms with Crippen LogP contribution in [-0.4, -0.2) is 25.2 Å². The van der Waals surface area contributed by atoms with Crippen molar-refractivity contribution in [1.29, 1.82) is 0 Å². The van der Waals surface area contributed by atoms with E-state index in [-0.39, 0.29) is 34.3 Å². The maximum atomic E-state index is 12.3. The van der Waals surface area contributed by atoms with Crippen LogP contribution < -0.4 is 0 Å². The zero-order valence-electron chi connectivity index (χ0n) is 23.0. The summed E-state index contributed by atoms with van der Waals surface area (Å²) in [5, 5.41) is 0. The molecule has 0 aromatic rings. The van der Waals surface area contributed by atoms with Gasteiger partial charge in [-0.2, -0.15) is 0 Å². The Bertz CT molecular complexity index is 959. The second-order valence-electron chi connectivity index (χ2n) is 12.8. The fourth-order valence-electron chi connectivity index (χ4n) is 8.86. The first-order valence-corrected chi connectivity index (χ1v) is 13.7. The SMILES string of the molecule is C=C(C)C1CCC2C(=CCC3(C)C(C(C)C4CC=C(C)C(=O)O4)CCC23C)C1(C)CCC(=O)OC. The van der Waals surface area contributed by atoms with Crippen LogP contribution in [0.1, 0.15) is 92.9 Å². The van der Waals surface area contributed by atoms with Gasteiger partial charge in [0, 0.05) is 18.4 Å². The molecule has 4 aliphatic rings. The Morgan fingerprint density at radius 3 is 2.54 bits per heavy atom. The number of hydrogen-bond donors (Lipinski definition) is 0. The van der Waals surface area contributed by atoms with Crippen molar-refractivity contribution >= 4 is 11.9 Å². The molecule has 0 saturated heterocycles. The van der Waals surface area contributed by atoms with Gasteiger partial charge in [-0.25, -0.2) is 4.79 Å². The summed E-state index contributed by atoms with van der Waals surface area (Å²) >= 11 is 0. The van der Waals surface area contributed by atoms with Gasteiger partial charge in [-0.15, -0.1) is 0 Å². The Balaban J connectivity index is 1.66. The maximum absolute atomic E-state index is 12.3. The van der Waals surface area contributed by atoms with Crippen LogP contribution >= 0.6 is 0 Å². The second-order valence-corrected chi connectivity index (χ2v) is 12.8. The predicted octanol–water partition coefficient (Wildman–Crippen LogP) is 7.20. The lowest BCUT2D eigenvalue weighted by Crippen LogP contribution is -2.52. The summed E-state index contributed by atoms with van der Waals surface area (Å²) < 4.78 is 10.9. The van der Waals surface area contributed by atoms with Crippen molar-refractivity contribution in [1.82, 2.24) is 0 Å². The number of rotatable bonds is 6. The number of ether oxygens (including phenoxy) is 2. The van der Waals surface area contributed by atoms with Crippen molar-refractivity contribution < 1.29 is 19.1 Å². The summed E-state index contributed by atoms with van der Waals surface area (Å²) in [4.78, 5) is 24.4. The van der Waals surface area contributed by atoms with E-state index >= 15 is 0 Å². The number of carbonyl (C=O) groups excluding carboxylic acids is 2. The minimum atomic E-state index is -0.149. The third kappa shape index (κ3) is 4.03. The zero-order valence-corrected chi connectivity index (χ0v) is 23.0. The van der Waals surface area contributed by atoms with Crippen LogP contribution in [-0.2, 0) is 19.1 Å². The normalized spacial score (nSPS) is 41.6. The van der Waals surface area contributed by atoms with E-state index < -0.39 is 0 Å². The number of esters is 2. The highest BCUT2D eigenvalue weighted by Gasteiger charge is 2.63. The molecule has 35 heavy (non-hydrogen) atoms. The monoisotopic (exact) mass is 482 g/mol. The van der Waals surface area contributed by atoms with Crippen molar-refractivity contribution in [3.63, 3.8) is 0 Å². The lowest BCUT2D eigenvalue weighted by Gasteiger charge is -2.60.